The van der Waals surface area contributed by atoms with E-state index in [4.69, 9.17) is 5.73 Å². The lowest BCUT2D eigenvalue weighted by Gasteiger charge is -2.12. The molecule has 1 aromatic rings. The van der Waals surface area contributed by atoms with Crippen LogP contribution >= 0.6 is 15.9 Å². The Morgan fingerprint density at radius 1 is 1.57 bits per heavy atom. The number of rotatable bonds is 3. The van der Waals surface area contributed by atoms with Gasteiger partial charge in [0.25, 0.3) is 0 Å². The van der Waals surface area contributed by atoms with Crippen molar-refractivity contribution in [3.05, 3.63) is 34.3 Å². The van der Waals surface area contributed by atoms with E-state index in [2.05, 4.69) is 21.2 Å². The maximum atomic E-state index is 11.1. The number of carbonyl (C=O) groups is 1. The van der Waals surface area contributed by atoms with Gasteiger partial charge in [-0.2, -0.15) is 0 Å². The molecule has 76 valence electrons. The van der Waals surface area contributed by atoms with Gasteiger partial charge in [-0.25, -0.2) is 0 Å². The number of hydrogen-bond acceptors (Lipinski definition) is 2. The summed E-state index contributed by atoms with van der Waals surface area (Å²) in [4.78, 5) is 11.1. The van der Waals surface area contributed by atoms with Crippen LogP contribution in [0.15, 0.2) is 28.7 Å². The number of nitrogens with two attached hydrogens (primary N) is 1. The van der Waals surface area contributed by atoms with Crippen LogP contribution in [0.3, 0.4) is 0 Å². The van der Waals surface area contributed by atoms with Crippen LogP contribution in [0.5, 0.6) is 0 Å². The molecule has 4 heteroatoms. The summed E-state index contributed by atoms with van der Waals surface area (Å²) in [7, 11) is 1.61. The summed E-state index contributed by atoms with van der Waals surface area (Å²) in [5.41, 5.74) is 6.84. The van der Waals surface area contributed by atoms with Gasteiger partial charge in [-0.15, -0.1) is 0 Å². The second-order valence-corrected chi connectivity index (χ2v) is 3.86. The fourth-order valence-corrected chi connectivity index (χ4v) is 1.77. The zero-order valence-corrected chi connectivity index (χ0v) is 9.54. The summed E-state index contributed by atoms with van der Waals surface area (Å²) < 4.78 is 0.941. The summed E-state index contributed by atoms with van der Waals surface area (Å²) in [6, 6.07) is 7.39. The minimum absolute atomic E-state index is 0.0479. The van der Waals surface area contributed by atoms with E-state index >= 15 is 0 Å². The van der Waals surface area contributed by atoms with E-state index in [0.717, 1.165) is 10.0 Å². The highest BCUT2D eigenvalue weighted by molar-refractivity contribution is 9.10. The first-order valence-corrected chi connectivity index (χ1v) is 5.15. The normalized spacial score (nSPS) is 12.2. The zero-order chi connectivity index (χ0) is 10.6. The van der Waals surface area contributed by atoms with E-state index in [0.29, 0.717) is 6.42 Å². The van der Waals surface area contributed by atoms with Gasteiger partial charge in [0.2, 0.25) is 5.91 Å². The van der Waals surface area contributed by atoms with Crippen LogP contribution in [-0.2, 0) is 4.79 Å². The molecule has 0 heterocycles. The Balaban J connectivity index is 2.74. The predicted octanol–water partition coefficient (Wildman–Crippen LogP) is 1.58. The van der Waals surface area contributed by atoms with Crippen molar-refractivity contribution in [1.82, 2.24) is 5.32 Å². The third kappa shape index (κ3) is 2.82. The first-order chi connectivity index (χ1) is 6.65. The molecule has 0 aliphatic heterocycles. The first-order valence-electron chi connectivity index (χ1n) is 4.35. The first kappa shape index (κ1) is 11.2. The fraction of sp³-hybridized carbons (Fsp3) is 0.300. The van der Waals surface area contributed by atoms with Crippen LogP contribution in [0.4, 0.5) is 0 Å². The molecule has 0 fully saturated rings. The molecule has 3 nitrogen and oxygen atoms in total. The molecule has 1 aromatic carbocycles. The van der Waals surface area contributed by atoms with Crippen molar-refractivity contribution in [2.45, 2.75) is 12.5 Å². The van der Waals surface area contributed by atoms with Crippen molar-refractivity contribution in [3.63, 3.8) is 0 Å². The largest absolute Gasteiger partial charge is 0.359 e. The quantitative estimate of drug-likeness (QED) is 0.863. The van der Waals surface area contributed by atoms with Gasteiger partial charge in [0.1, 0.15) is 0 Å². The third-order valence-corrected chi connectivity index (χ3v) is 2.71. The van der Waals surface area contributed by atoms with E-state index in [1.807, 2.05) is 24.3 Å². The SMILES string of the molecule is CNC(=O)CC(N)c1ccccc1Br. The maximum absolute atomic E-state index is 11.1. The number of hydrogen-bond donors (Lipinski definition) is 2. The average Bonchev–Trinajstić information content (AvgIpc) is 2.18. The molecule has 3 N–H and O–H groups in total. The monoisotopic (exact) mass is 256 g/mol. The molecule has 0 aliphatic rings. The predicted molar refractivity (Wildman–Crippen MR) is 59.8 cm³/mol. The smallest absolute Gasteiger partial charge is 0.221 e. The topological polar surface area (TPSA) is 55.1 Å². The highest BCUT2D eigenvalue weighted by Crippen LogP contribution is 2.23. The summed E-state index contributed by atoms with van der Waals surface area (Å²) >= 11 is 3.40. The molecule has 1 atom stereocenters. The van der Waals surface area contributed by atoms with Gasteiger partial charge in [-0.05, 0) is 11.6 Å². The second-order valence-electron chi connectivity index (χ2n) is 3.01. The number of amides is 1. The van der Waals surface area contributed by atoms with Gasteiger partial charge in [0.15, 0.2) is 0 Å². The molecular weight excluding hydrogens is 244 g/mol. The molecule has 0 aromatic heterocycles. The highest BCUT2D eigenvalue weighted by atomic mass is 79.9. The molecule has 0 saturated heterocycles. The minimum atomic E-state index is -0.259. The Hall–Kier alpha value is -0.870. The van der Waals surface area contributed by atoms with Crippen molar-refractivity contribution in [1.29, 1.82) is 0 Å². The highest BCUT2D eigenvalue weighted by Gasteiger charge is 2.12. The van der Waals surface area contributed by atoms with Crippen LogP contribution in [0.25, 0.3) is 0 Å². The standard InChI is InChI=1S/C10H13BrN2O/c1-13-10(14)6-9(12)7-4-2-3-5-8(7)11/h2-5,9H,6,12H2,1H3,(H,13,14). The molecule has 0 aliphatic carbocycles. The molecule has 0 spiro atoms. The molecule has 1 rings (SSSR count). The van der Waals surface area contributed by atoms with E-state index in [9.17, 15) is 4.79 Å². The van der Waals surface area contributed by atoms with Crippen LogP contribution in [-0.4, -0.2) is 13.0 Å². The molecule has 0 bridgehead atoms. The molecule has 1 amide bonds. The Morgan fingerprint density at radius 2 is 2.21 bits per heavy atom. The van der Waals surface area contributed by atoms with E-state index in [1.165, 1.54) is 0 Å². The molecule has 14 heavy (non-hydrogen) atoms. The summed E-state index contributed by atoms with van der Waals surface area (Å²) in [6.45, 7) is 0. The van der Waals surface area contributed by atoms with Crippen molar-refractivity contribution in [2.75, 3.05) is 7.05 Å². The van der Waals surface area contributed by atoms with Crippen molar-refractivity contribution in [3.8, 4) is 0 Å². The Bertz CT molecular complexity index is 328. The van der Waals surface area contributed by atoms with Crippen LogP contribution in [0, 0.1) is 0 Å². The second kappa shape index (κ2) is 5.12. The summed E-state index contributed by atoms with van der Waals surface area (Å²) in [6.07, 6.45) is 0.305. The Morgan fingerprint density at radius 3 is 2.79 bits per heavy atom. The zero-order valence-electron chi connectivity index (χ0n) is 7.96. The minimum Gasteiger partial charge on any atom is -0.359 e. The lowest BCUT2D eigenvalue weighted by atomic mass is 10.0. The number of nitrogens with one attached hydrogen (secondary N) is 1. The van der Waals surface area contributed by atoms with Crippen molar-refractivity contribution < 1.29 is 4.79 Å². The molecule has 1 unspecified atom stereocenters. The van der Waals surface area contributed by atoms with E-state index < -0.39 is 0 Å². The lowest BCUT2D eigenvalue weighted by Crippen LogP contribution is -2.24. The van der Waals surface area contributed by atoms with Gasteiger partial charge in [0.05, 0.1) is 0 Å². The van der Waals surface area contributed by atoms with Gasteiger partial charge in [0, 0.05) is 24.0 Å². The van der Waals surface area contributed by atoms with Gasteiger partial charge in [-0.1, -0.05) is 34.1 Å². The maximum Gasteiger partial charge on any atom is 0.221 e. The van der Waals surface area contributed by atoms with Crippen molar-refractivity contribution >= 4 is 21.8 Å². The third-order valence-electron chi connectivity index (χ3n) is 1.99. The molecular formula is C10H13BrN2O. The number of carbonyl (C=O) groups excluding carboxylic acids is 1. The fourth-order valence-electron chi connectivity index (χ4n) is 1.19. The summed E-state index contributed by atoms with van der Waals surface area (Å²) in [5.74, 6) is -0.0479. The lowest BCUT2D eigenvalue weighted by molar-refractivity contribution is -0.120. The van der Waals surface area contributed by atoms with Gasteiger partial charge >= 0.3 is 0 Å². The van der Waals surface area contributed by atoms with E-state index in [-0.39, 0.29) is 11.9 Å². The van der Waals surface area contributed by atoms with Gasteiger partial charge in [-0.3, -0.25) is 4.79 Å². The number of benzene rings is 1. The molecule has 0 radical (unpaired) electrons. The van der Waals surface area contributed by atoms with Crippen LogP contribution < -0.4 is 11.1 Å². The van der Waals surface area contributed by atoms with E-state index in [1.54, 1.807) is 7.05 Å². The Kier molecular flexibility index (Phi) is 4.10. The number of halogens is 1. The average molecular weight is 257 g/mol. The van der Waals surface area contributed by atoms with Gasteiger partial charge < -0.3 is 11.1 Å². The van der Waals surface area contributed by atoms with Crippen LogP contribution in [0.2, 0.25) is 0 Å². The van der Waals surface area contributed by atoms with Crippen LogP contribution in [0.1, 0.15) is 18.0 Å². The van der Waals surface area contributed by atoms with Crippen molar-refractivity contribution in [2.24, 2.45) is 5.73 Å². The Labute approximate surface area is 91.8 Å². The molecule has 0 saturated carbocycles. The summed E-state index contributed by atoms with van der Waals surface area (Å²) in [5, 5.41) is 2.55.